The molecule has 16 heavy (non-hydrogen) atoms. The van der Waals surface area contributed by atoms with Crippen LogP contribution in [-0.4, -0.2) is 43.1 Å². The fraction of sp³-hybridized carbons (Fsp3) is 0.667. The third-order valence-electron chi connectivity index (χ3n) is 2.37. The van der Waals surface area contributed by atoms with Crippen LogP contribution in [0.3, 0.4) is 0 Å². The minimum absolute atomic E-state index is 0.0998. The molecule has 0 radical (unpaired) electrons. The zero-order chi connectivity index (χ0) is 12.4. The number of hydrogen-bond acceptors (Lipinski definition) is 4. The summed E-state index contributed by atoms with van der Waals surface area (Å²) in [5.41, 5.74) is 5.33. The van der Waals surface area contributed by atoms with Gasteiger partial charge < -0.3 is 5.73 Å². The van der Waals surface area contributed by atoms with Crippen molar-refractivity contribution in [1.29, 1.82) is 0 Å². The molecule has 3 N–H and O–H groups in total. The van der Waals surface area contributed by atoms with Gasteiger partial charge in [-0.2, -0.15) is 9.40 Å². The van der Waals surface area contributed by atoms with E-state index in [4.69, 9.17) is 5.73 Å². The average molecular weight is 246 g/mol. The molecule has 1 heterocycles. The molecule has 0 fully saturated rings. The maximum atomic E-state index is 12.0. The van der Waals surface area contributed by atoms with E-state index in [1.165, 1.54) is 23.6 Å². The minimum atomic E-state index is -3.48. The first kappa shape index (κ1) is 13.1. The van der Waals surface area contributed by atoms with Crippen LogP contribution in [0.15, 0.2) is 17.3 Å². The van der Waals surface area contributed by atoms with Crippen LogP contribution in [0.1, 0.15) is 13.8 Å². The smallest absolute Gasteiger partial charge is 0.259 e. The highest BCUT2D eigenvalue weighted by Crippen LogP contribution is 2.18. The molecule has 0 aromatic carbocycles. The summed E-state index contributed by atoms with van der Waals surface area (Å²) in [6.45, 7) is 4.64. The van der Waals surface area contributed by atoms with Crippen molar-refractivity contribution in [3.63, 3.8) is 0 Å². The van der Waals surface area contributed by atoms with Gasteiger partial charge in [0, 0.05) is 13.6 Å². The first-order chi connectivity index (χ1) is 7.29. The Hall–Kier alpha value is -0.920. The number of hydrogen-bond donors (Lipinski definition) is 2. The van der Waals surface area contributed by atoms with Gasteiger partial charge in [0.2, 0.25) is 0 Å². The van der Waals surface area contributed by atoms with Crippen molar-refractivity contribution in [1.82, 2.24) is 14.5 Å². The molecule has 0 aliphatic carbocycles. The lowest BCUT2D eigenvalue weighted by Gasteiger charge is -2.27. The normalized spacial score (nSPS) is 13.3. The van der Waals surface area contributed by atoms with Crippen molar-refractivity contribution in [2.45, 2.75) is 18.9 Å². The highest BCUT2D eigenvalue weighted by Gasteiger charge is 2.27. The Kier molecular flexibility index (Phi) is 3.72. The summed E-state index contributed by atoms with van der Waals surface area (Å²) >= 11 is 0. The van der Waals surface area contributed by atoms with Gasteiger partial charge >= 0.3 is 0 Å². The second-order valence-electron chi connectivity index (χ2n) is 4.55. The molecular formula is C9H18N4O2S. The van der Waals surface area contributed by atoms with Gasteiger partial charge in [0.05, 0.1) is 6.20 Å². The summed E-state index contributed by atoms with van der Waals surface area (Å²) in [7, 11) is -1.94. The van der Waals surface area contributed by atoms with Gasteiger partial charge in [-0.15, -0.1) is 0 Å². The van der Waals surface area contributed by atoms with E-state index in [-0.39, 0.29) is 10.4 Å². The summed E-state index contributed by atoms with van der Waals surface area (Å²) in [5.74, 6) is 0. The Balaban J connectivity index is 2.86. The average Bonchev–Trinajstić information content (AvgIpc) is 2.70. The van der Waals surface area contributed by atoms with Crippen molar-refractivity contribution in [3.8, 4) is 0 Å². The maximum Gasteiger partial charge on any atom is 0.259 e. The highest BCUT2D eigenvalue weighted by atomic mass is 32.2. The number of rotatable bonds is 5. The molecule has 0 amide bonds. The molecular weight excluding hydrogens is 228 g/mol. The quantitative estimate of drug-likeness (QED) is 0.765. The Morgan fingerprint density at radius 1 is 1.56 bits per heavy atom. The molecule has 6 nitrogen and oxygen atoms in total. The number of aromatic nitrogens is 2. The van der Waals surface area contributed by atoms with E-state index in [0.717, 1.165) is 0 Å². The van der Waals surface area contributed by atoms with Gasteiger partial charge in [-0.1, -0.05) is 13.8 Å². The van der Waals surface area contributed by atoms with Crippen LogP contribution in [0, 0.1) is 5.41 Å². The largest absolute Gasteiger partial charge is 0.330 e. The van der Waals surface area contributed by atoms with Gasteiger partial charge in [0.25, 0.3) is 10.0 Å². The second-order valence-corrected chi connectivity index (χ2v) is 6.56. The molecule has 0 aliphatic heterocycles. The fourth-order valence-corrected chi connectivity index (χ4v) is 2.56. The lowest BCUT2D eigenvalue weighted by molar-refractivity contribution is 0.291. The van der Waals surface area contributed by atoms with Crippen molar-refractivity contribution < 1.29 is 8.42 Å². The number of H-pyrrole nitrogens is 1. The third-order valence-corrected chi connectivity index (χ3v) is 4.10. The summed E-state index contributed by atoms with van der Waals surface area (Å²) < 4.78 is 25.3. The zero-order valence-electron chi connectivity index (χ0n) is 9.77. The Bertz CT molecular complexity index is 424. The predicted octanol–water partition coefficient (Wildman–Crippen LogP) is 0.0151. The van der Waals surface area contributed by atoms with Crippen LogP contribution >= 0.6 is 0 Å². The van der Waals surface area contributed by atoms with E-state index in [9.17, 15) is 8.42 Å². The first-order valence-corrected chi connectivity index (χ1v) is 6.39. The SMILES string of the molecule is CN(CC(C)(C)CN)S(=O)(=O)c1ccn[nH]1. The summed E-state index contributed by atoms with van der Waals surface area (Å²) in [4.78, 5) is 0. The molecule has 7 heteroatoms. The summed E-state index contributed by atoms with van der Waals surface area (Å²) in [6.07, 6.45) is 1.41. The molecule has 0 spiro atoms. The number of nitrogens with two attached hydrogens (primary N) is 1. The van der Waals surface area contributed by atoms with Gasteiger partial charge in [-0.25, -0.2) is 8.42 Å². The van der Waals surface area contributed by atoms with Crippen LogP contribution < -0.4 is 5.73 Å². The van der Waals surface area contributed by atoms with Gasteiger partial charge in [-0.05, 0) is 18.0 Å². The predicted molar refractivity (Wildman–Crippen MR) is 61.2 cm³/mol. The van der Waals surface area contributed by atoms with Crippen LogP contribution in [0.2, 0.25) is 0 Å². The van der Waals surface area contributed by atoms with E-state index in [2.05, 4.69) is 10.2 Å². The van der Waals surface area contributed by atoms with Crippen molar-refractivity contribution in [2.24, 2.45) is 11.1 Å². The monoisotopic (exact) mass is 246 g/mol. The molecule has 0 saturated heterocycles. The third kappa shape index (κ3) is 2.81. The van der Waals surface area contributed by atoms with E-state index in [0.29, 0.717) is 13.1 Å². The van der Waals surface area contributed by atoms with Gasteiger partial charge in [0.15, 0.2) is 5.03 Å². The summed E-state index contributed by atoms with van der Waals surface area (Å²) in [5, 5.41) is 6.18. The Morgan fingerprint density at radius 3 is 2.62 bits per heavy atom. The summed E-state index contributed by atoms with van der Waals surface area (Å²) in [6, 6.07) is 1.43. The molecule has 0 atom stereocenters. The maximum absolute atomic E-state index is 12.0. The number of nitrogens with one attached hydrogen (secondary N) is 1. The van der Waals surface area contributed by atoms with Crippen LogP contribution in [0.5, 0.6) is 0 Å². The fourth-order valence-electron chi connectivity index (χ4n) is 1.31. The first-order valence-electron chi connectivity index (χ1n) is 4.95. The highest BCUT2D eigenvalue weighted by molar-refractivity contribution is 7.89. The number of nitrogens with zero attached hydrogens (tertiary/aromatic N) is 2. The molecule has 0 bridgehead atoms. The minimum Gasteiger partial charge on any atom is -0.330 e. The van der Waals surface area contributed by atoms with Crippen molar-refractivity contribution >= 4 is 10.0 Å². The van der Waals surface area contributed by atoms with Crippen LogP contribution in [-0.2, 0) is 10.0 Å². The molecule has 1 aromatic heterocycles. The van der Waals surface area contributed by atoms with Gasteiger partial charge in [0.1, 0.15) is 0 Å². The van der Waals surface area contributed by atoms with Crippen molar-refractivity contribution in [2.75, 3.05) is 20.1 Å². The molecule has 0 saturated carbocycles. The molecule has 1 rings (SSSR count). The topological polar surface area (TPSA) is 92.1 Å². The molecule has 1 aromatic rings. The molecule has 92 valence electrons. The molecule has 0 unspecified atom stereocenters. The lowest BCUT2D eigenvalue weighted by atomic mass is 9.94. The number of sulfonamides is 1. The van der Waals surface area contributed by atoms with Gasteiger partial charge in [-0.3, -0.25) is 5.10 Å². The number of aromatic amines is 1. The lowest BCUT2D eigenvalue weighted by Crippen LogP contribution is -2.39. The second kappa shape index (κ2) is 4.52. The standard InChI is InChI=1S/C9H18N4O2S/c1-9(2,6-10)7-13(3)16(14,15)8-4-5-11-12-8/h4-5H,6-7,10H2,1-3H3,(H,11,12). The van der Waals surface area contributed by atoms with Crippen LogP contribution in [0.4, 0.5) is 0 Å². The Morgan fingerprint density at radius 2 is 2.19 bits per heavy atom. The van der Waals surface area contributed by atoms with Crippen molar-refractivity contribution in [3.05, 3.63) is 12.3 Å². The van der Waals surface area contributed by atoms with E-state index in [1.54, 1.807) is 0 Å². The zero-order valence-corrected chi connectivity index (χ0v) is 10.6. The van der Waals surface area contributed by atoms with Crippen LogP contribution in [0.25, 0.3) is 0 Å². The van der Waals surface area contributed by atoms with E-state index in [1.807, 2.05) is 13.8 Å². The Labute approximate surface area is 95.9 Å². The molecule has 0 aliphatic rings. The van der Waals surface area contributed by atoms with E-state index < -0.39 is 10.0 Å². The van der Waals surface area contributed by atoms with E-state index >= 15 is 0 Å².